The van der Waals surface area contributed by atoms with E-state index in [1.807, 2.05) is 0 Å². The number of esters is 1. The van der Waals surface area contributed by atoms with Crippen molar-refractivity contribution >= 4 is 5.97 Å². The molecule has 96 valence electrons. The molecule has 1 unspecified atom stereocenters. The second-order valence-electron chi connectivity index (χ2n) is 4.57. The number of carbonyl (C=O) groups is 1. The second kappa shape index (κ2) is 9.64. The summed E-state index contributed by atoms with van der Waals surface area (Å²) in [4.78, 5) is 11.4. The van der Waals surface area contributed by atoms with Crippen LogP contribution in [0.25, 0.3) is 0 Å². The molecule has 0 rings (SSSR count). The zero-order valence-electron chi connectivity index (χ0n) is 11.1. The lowest BCUT2D eigenvalue weighted by Crippen LogP contribution is -2.24. The number of rotatable bonds is 9. The van der Waals surface area contributed by atoms with Gasteiger partial charge in [-0.25, -0.2) is 4.79 Å². The molecule has 3 heteroatoms. The molecule has 0 aliphatic carbocycles. The van der Waals surface area contributed by atoms with Crippen LogP contribution in [0.4, 0.5) is 0 Å². The van der Waals surface area contributed by atoms with Gasteiger partial charge in [0, 0.05) is 6.61 Å². The first-order valence-electron chi connectivity index (χ1n) is 6.36. The Morgan fingerprint density at radius 1 is 1.12 bits per heavy atom. The Morgan fingerprint density at radius 2 is 1.81 bits per heavy atom. The molecule has 0 saturated carbocycles. The van der Waals surface area contributed by atoms with Crippen LogP contribution in [0.3, 0.4) is 0 Å². The van der Waals surface area contributed by atoms with Gasteiger partial charge in [0.25, 0.3) is 0 Å². The first-order chi connectivity index (χ1) is 7.57. The molecule has 0 aromatic carbocycles. The summed E-state index contributed by atoms with van der Waals surface area (Å²) in [5.41, 5.74) is 0. The molecule has 16 heavy (non-hydrogen) atoms. The SMILES string of the molecule is CCCCCOC(C)C(=O)OCCC(C)C. The lowest BCUT2D eigenvalue weighted by Gasteiger charge is -2.13. The van der Waals surface area contributed by atoms with Gasteiger partial charge in [0.2, 0.25) is 0 Å². The molecule has 0 spiro atoms. The highest BCUT2D eigenvalue weighted by atomic mass is 16.6. The summed E-state index contributed by atoms with van der Waals surface area (Å²) in [6.45, 7) is 9.26. The zero-order chi connectivity index (χ0) is 12.4. The van der Waals surface area contributed by atoms with Crippen LogP contribution in [-0.4, -0.2) is 25.3 Å². The summed E-state index contributed by atoms with van der Waals surface area (Å²) in [5, 5.41) is 0. The van der Waals surface area contributed by atoms with E-state index in [0.717, 1.165) is 25.7 Å². The van der Waals surface area contributed by atoms with E-state index in [2.05, 4.69) is 20.8 Å². The van der Waals surface area contributed by atoms with Crippen LogP contribution in [-0.2, 0) is 14.3 Å². The highest BCUT2D eigenvalue weighted by Gasteiger charge is 2.14. The summed E-state index contributed by atoms with van der Waals surface area (Å²) in [6.07, 6.45) is 3.81. The molecule has 3 nitrogen and oxygen atoms in total. The first-order valence-corrected chi connectivity index (χ1v) is 6.36. The van der Waals surface area contributed by atoms with Gasteiger partial charge >= 0.3 is 5.97 Å². The first kappa shape index (κ1) is 15.4. The molecule has 0 aliphatic heterocycles. The maximum atomic E-state index is 11.4. The minimum absolute atomic E-state index is 0.239. The number of unbranched alkanes of at least 4 members (excludes halogenated alkanes) is 2. The van der Waals surface area contributed by atoms with Crippen LogP contribution in [0.5, 0.6) is 0 Å². The fourth-order valence-electron chi connectivity index (χ4n) is 1.19. The van der Waals surface area contributed by atoms with Crippen molar-refractivity contribution in [2.45, 2.75) is 59.5 Å². The Labute approximate surface area is 99.5 Å². The third-order valence-corrected chi connectivity index (χ3v) is 2.39. The van der Waals surface area contributed by atoms with E-state index in [-0.39, 0.29) is 5.97 Å². The predicted octanol–water partition coefficient (Wildman–Crippen LogP) is 3.17. The minimum atomic E-state index is -0.427. The molecular weight excluding hydrogens is 204 g/mol. The zero-order valence-corrected chi connectivity index (χ0v) is 11.1. The van der Waals surface area contributed by atoms with Crippen LogP contribution in [0.2, 0.25) is 0 Å². The van der Waals surface area contributed by atoms with E-state index < -0.39 is 6.10 Å². The molecule has 0 N–H and O–H groups in total. The lowest BCUT2D eigenvalue weighted by atomic mass is 10.1. The quantitative estimate of drug-likeness (QED) is 0.451. The third-order valence-electron chi connectivity index (χ3n) is 2.39. The maximum absolute atomic E-state index is 11.4. The van der Waals surface area contributed by atoms with Crippen molar-refractivity contribution in [3.05, 3.63) is 0 Å². The molecule has 0 fully saturated rings. The normalized spacial score (nSPS) is 12.8. The van der Waals surface area contributed by atoms with Gasteiger partial charge in [0.1, 0.15) is 0 Å². The maximum Gasteiger partial charge on any atom is 0.334 e. The molecule has 0 aromatic rings. The number of ether oxygens (including phenoxy) is 2. The van der Waals surface area contributed by atoms with Crippen molar-refractivity contribution in [2.75, 3.05) is 13.2 Å². The van der Waals surface area contributed by atoms with Gasteiger partial charge in [0.15, 0.2) is 6.10 Å². The summed E-state index contributed by atoms with van der Waals surface area (Å²) in [6, 6.07) is 0. The predicted molar refractivity (Wildman–Crippen MR) is 65.4 cm³/mol. The van der Waals surface area contributed by atoms with Crippen LogP contribution in [0, 0.1) is 5.92 Å². The number of hydrogen-bond donors (Lipinski definition) is 0. The van der Waals surface area contributed by atoms with Gasteiger partial charge in [-0.15, -0.1) is 0 Å². The van der Waals surface area contributed by atoms with Crippen molar-refractivity contribution in [3.63, 3.8) is 0 Å². The standard InChI is InChI=1S/C13H26O3/c1-5-6-7-9-15-12(4)13(14)16-10-8-11(2)3/h11-12H,5-10H2,1-4H3. The lowest BCUT2D eigenvalue weighted by molar-refractivity contribution is -0.156. The summed E-state index contributed by atoms with van der Waals surface area (Å²) in [5.74, 6) is 0.325. The molecule has 0 radical (unpaired) electrons. The Morgan fingerprint density at radius 3 is 2.38 bits per heavy atom. The van der Waals surface area contributed by atoms with E-state index in [1.165, 1.54) is 0 Å². The van der Waals surface area contributed by atoms with E-state index in [1.54, 1.807) is 6.92 Å². The fraction of sp³-hybridized carbons (Fsp3) is 0.923. The van der Waals surface area contributed by atoms with E-state index >= 15 is 0 Å². The van der Waals surface area contributed by atoms with Crippen molar-refractivity contribution in [3.8, 4) is 0 Å². The van der Waals surface area contributed by atoms with Crippen molar-refractivity contribution in [2.24, 2.45) is 5.92 Å². The topological polar surface area (TPSA) is 35.5 Å². The van der Waals surface area contributed by atoms with Crippen LogP contribution < -0.4 is 0 Å². The van der Waals surface area contributed by atoms with Gasteiger partial charge in [-0.05, 0) is 25.7 Å². The van der Waals surface area contributed by atoms with Crippen molar-refractivity contribution < 1.29 is 14.3 Å². The third kappa shape index (κ3) is 8.72. The highest BCUT2D eigenvalue weighted by Crippen LogP contribution is 2.03. The Kier molecular flexibility index (Phi) is 9.30. The van der Waals surface area contributed by atoms with Gasteiger partial charge in [0.05, 0.1) is 6.61 Å². The Balaban J connectivity index is 3.49. The van der Waals surface area contributed by atoms with E-state index in [9.17, 15) is 4.79 Å². The van der Waals surface area contributed by atoms with E-state index in [0.29, 0.717) is 19.1 Å². The fourth-order valence-corrected chi connectivity index (χ4v) is 1.19. The molecule has 0 saturated heterocycles. The van der Waals surface area contributed by atoms with Crippen LogP contribution >= 0.6 is 0 Å². The smallest absolute Gasteiger partial charge is 0.334 e. The van der Waals surface area contributed by atoms with Gasteiger partial charge in [-0.2, -0.15) is 0 Å². The summed E-state index contributed by atoms with van der Waals surface area (Å²) >= 11 is 0. The highest BCUT2D eigenvalue weighted by molar-refractivity contribution is 5.74. The molecule has 0 bridgehead atoms. The molecule has 0 aliphatic rings. The van der Waals surface area contributed by atoms with Gasteiger partial charge in [-0.1, -0.05) is 33.6 Å². The summed E-state index contributed by atoms with van der Waals surface area (Å²) in [7, 11) is 0. The number of carbonyl (C=O) groups excluding carboxylic acids is 1. The second-order valence-corrected chi connectivity index (χ2v) is 4.57. The average molecular weight is 230 g/mol. The Bertz CT molecular complexity index is 178. The average Bonchev–Trinajstić information content (AvgIpc) is 2.23. The Hall–Kier alpha value is -0.570. The minimum Gasteiger partial charge on any atom is -0.464 e. The van der Waals surface area contributed by atoms with Gasteiger partial charge in [-0.3, -0.25) is 0 Å². The van der Waals surface area contributed by atoms with Crippen molar-refractivity contribution in [1.29, 1.82) is 0 Å². The summed E-state index contributed by atoms with van der Waals surface area (Å²) < 4.78 is 10.5. The monoisotopic (exact) mass is 230 g/mol. The number of hydrogen-bond acceptors (Lipinski definition) is 3. The largest absolute Gasteiger partial charge is 0.464 e. The van der Waals surface area contributed by atoms with Crippen LogP contribution in [0.15, 0.2) is 0 Å². The molecule has 0 aromatic heterocycles. The molecule has 0 amide bonds. The van der Waals surface area contributed by atoms with Gasteiger partial charge < -0.3 is 9.47 Å². The van der Waals surface area contributed by atoms with E-state index in [4.69, 9.17) is 9.47 Å². The van der Waals surface area contributed by atoms with Crippen LogP contribution in [0.1, 0.15) is 53.4 Å². The molecular formula is C13H26O3. The van der Waals surface area contributed by atoms with Crippen molar-refractivity contribution in [1.82, 2.24) is 0 Å². The molecule has 1 atom stereocenters. The molecule has 0 heterocycles.